The van der Waals surface area contributed by atoms with Gasteiger partial charge in [-0.2, -0.15) is 0 Å². The topological polar surface area (TPSA) is 34.1 Å². The molecule has 0 saturated heterocycles. The lowest BCUT2D eigenvalue weighted by Gasteiger charge is -2.19. The third-order valence-electron chi connectivity index (χ3n) is 4.92. The summed E-state index contributed by atoms with van der Waals surface area (Å²) in [4.78, 5) is 22.6. The molecule has 4 aliphatic rings. The Labute approximate surface area is 132 Å². The fourth-order valence-electron chi connectivity index (χ4n) is 3.72. The van der Waals surface area contributed by atoms with E-state index < -0.39 is 0 Å². The largest absolute Gasteiger partial charge is 0.294 e. The van der Waals surface area contributed by atoms with E-state index in [1.165, 1.54) is 11.1 Å². The minimum Gasteiger partial charge on any atom is -0.294 e. The molecule has 0 saturated carbocycles. The summed E-state index contributed by atoms with van der Waals surface area (Å²) in [7, 11) is 0. The van der Waals surface area contributed by atoms with Gasteiger partial charge in [0.1, 0.15) is 0 Å². The number of rotatable bonds is 0. The summed E-state index contributed by atoms with van der Waals surface area (Å²) in [5.74, 6) is 0.726. The van der Waals surface area contributed by atoms with E-state index >= 15 is 0 Å². The van der Waals surface area contributed by atoms with Gasteiger partial charge < -0.3 is 0 Å². The van der Waals surface area contributed by atoms with E-state index in [4.69, 9.17) is 0 Å². The lowest BCUT2D eigenvalue weighted by molar-refractivity contribution is -0.116. The number of hydrogen-bond donors (Lipinski definition) is 0. The average Bonchev–Trinajstić information content (AvgIpc) is 2.57. The highest BCUT2D eigenvalue weighted by atomic mass is 16.1. The van der Waals surface area contributed by atoms with Crippen molar-refractivity contribution in [3.05, 3.63) is 46.6 Å². The summed E-state index contributed by atoms with van der Waals surface area (Å²) in [6.07, 6.45) is 18.8. The summed E-state index contributed by atoms with van der Waals surface area (Å²) < 4.78 is 0. The smallest absolute Gasteiger partial charge is 0.162 e. The second kappa shape index (κ2) is 7.04. The third-order valence-corrected chi connectivity index (χ3v) is 4.92. The van der Waals surface area contributed by atoms with Gasteiger partial charge in [0, 0.05) is 24.0 Å². The third kappa shape index (κ3) is 3.37. The summed E-state index contributed by atoms with van der Waals surface area (Å²) in [5.41, 5.74) is 4.87. The van der Waals surface area contributed by atoms with Crippen LogP contribution in [0.25, 0.3) is 0 Å². The molecule has 116 valence electrons. The highest BCUT2D eigenvalue weighted by Gasteiger charge is 2.20. The van der Waals surface area contributed by atoms with Gasteiger partial charge in [0.15, 0.2) is 11.6 Å². The van der Waals surface area contributed by atoms with Gasteiger partial charge in [-0.05, 0) is 51.4 Å². The van der Waals surface area contributed by atoms with Crippen LogP contribution in [0.2, 0.25) is 0 Å². The highest BCUT2D eigenvalue weighted by Crippen LogP contribution is 2.30. The fourth-order valence-corrected chi connectivity index (χ4v) is 3.72. The molecule has 4 rings (SSSR count). The second-order valence-electron chi connectivity index (χ2n) is 6.47. The maximum Gasteiger partial charge on any atom is 0.162 e. The molecule has 0 aromatic carbocycles. The molecule has 2 nitrogen and oxygen atoms in total. The lowest BCUT2D eigenvalue weighted by atomic mass is 9.85. The van der Waals surface area contributed by atoms with Crippen LogP contribution in [0.15, 0.2) is 46.6 Å². The predicted octanol–water partition coefficient (Wildman–Crippen LogP) is 4.77. The van der Waals surface area contributed by atoms with Crippen molar-refractivity contribution < 1.29 is 9.59 Å². The molecule has 0 fully saturated rings. The van der Waals surface area contributed by atoms with Crippen LogP contribution in [0.4, 0.5) is 0 Å². The van der Waals surface area contributed by atoms with Crippen molar-refractivity contribution in [2.75, 3.05) is 0 Å². The van der Waals surface area contributed by atoms with Crippen molar-refractivity contribution in [3.8, 4) is 0 Å². The van der Waals surface area contributed by atoms with Gasteiger partial charge in [-0.1, -0.05) is 35.5 Å². The summed E-state index contributed by atoms with van der Waals surface area (Å²) in [5, 5.41) is 0. The molecule has 0 bridgehead atoms. The Bertz CT molecular complexity index is 545. The Kier molecular flexibility index (Phi) is 4.87. The summed E-state index contributed by atoms with van der Waals surface area (Å²) in [6.45, 7) is 0. The van der Waals surface area contributed by atoms with Gasteiger partial charge in [-0.3, -0.25) is 9.59 Å². The monoisotopic (exact) mass is 296 g/mol. The van der Waals surface area contributed by atoms with Crippen LogP contribution < -0.4 is 0 Å². The van der Waals surface area contributed by atoms with Crippen molar-refractivity contribution in [1.29, 1.82) is 0 Å². The Morgan fingerprint density at radius 1 is 0.591 bits per heavy atom. The zero-order chi connectivity index (χ0) is 15.4. The number of hydrogen-bond acceptors (Lipinski definition) is 2. The first-order chi connectivity index (χ1) is 10.8. The van der Waals surface area contributed by atoms with E-state index in [9.17, 15) is 9.59 Å². The lowest BCUT2D eigenvalue weighted by Crippen LogP contribution is -2.11. The molecule has 0 amide bonds. The molecular weight excluding hydrogens is 272 g/mol. The summed E-state index contributed by atoms with van der Waals surface area (Å²) in [6, 6.07) is 0. The van der Waals surface area contributed by atoms with Crippen LogP contribution in [0.5, 0.6) is 0 Å². The summed E-state index contributed by atoms with van der Waals surface area (Å²) >= 11 is 0. The van der Waals surface area contributed by atoms with Crippen LogP contribution in [-0.4, -0.2) is 11.6 Å². The van der Waals surface area contributed by atoms with Crippen LogP contribution in [0.3, 0.4) is 0 Å². The number of ketones is 2. The maximum absolute atomic E-state index is 11.3. The molecule has 0 N–H and O–H groups in total. The zero-order valence-electron chi connectivity index (χ0n) is 13.2. The molecule has 0 aromatic rings. The molecule has 0 atom stereocenters. The van der Waals surface area contributed by atoms with E-state index in [1.54, 1.807) is 0 Å². The minimum absolute atomic E-state index is 0.363. The van der Waals surface area contributed by atoms with Crippen LogP contribution in [0.1, 0.15) is 64.2 Å². The molecule has 22 heavy (non-hydrogen) atoms. The van der Waals surface area contributed by atoms with E-state index in [1.807, 2.05) is 12.2 Å². The number of carbonyl (C=O) groups excluding carboxylic acids is 2. The SMILES string of the molecule is O=C1CCCC2=C1C=CCC2.O=C1CCCC2=C1C=CCC2. The first kappa shape index (κ1) is 15.2. The van der Waals surface area contributed by atoms with E-state index in [-0.39, 0.29) is 0 Å². The molecule has 4 aliphatic carbocycles. The van der Waals surface area contributed by atoms with Crippen LogP contribution in [-0.2, 0) is 9.59 Å². The fraction of sp³-hybridized carbons (Fsp3) is 0.500. The first-order valence-corrected chi connectivity index (χ1v) is 8.59. The van der Waals surface area contributed by atoms with Crippen molar-refractivity contribution in [3.63, 3.8) is 0 Å². The highest BCUT2D eigenvalue weighted by molar-refractivity contribution is 6.00. The normalized spacial score (nSPS) is 23.8. The molecule has 0 aliphatic heterocycles. The molecule has 0 spiro atoms. The molecule has 0 aromatic heterocycles. The van der Waals surface area contributed by atoms with Gasteiger partial charge in [0.05, 0.1) is 0 Å². The average molecular weight is 296 g/mol. The van der Waals surface area contributed by atoms with Crippen molar-refractivity contribution in [2.24, 2.45) is 0 Å². The number of carbonyl (C=O) groups is 2. The molecule has 0 unspecified atom stereocenters. The van der Waals surface area contributed by atoms with Crippen molar-refractivity contribution >= 4 is 11.6 Å². The Morgan fingerprint density at radius 2 is 1.05 bits per heavy atom. The molecule has 2 heteroatoms. The maximum atomic E-state index is 11.3. The van der Waals surface area contributed by atoms with Crippen molar-refractivity contribution in [1.82, 2.24) is 0 Å². The number of allylic oxidation sites excluding steroid dienone is 8. The predicted molar refractivity (Wildman–Crippen MR) is 88.5 cm³/mol. The van der Waals surface area contributed by atoms with E-state index in [0.717, 1.165) is 75.4 Å². The second-order valence-corrected chi connectivity index (χ2v) is 6.47. The minimum atomic E-state index is 0.363. The van der Waals surface area contributed by atoms with Gasteiger partial charge in [-0.25, -0.2) is 0 Å². The van der Waals surface area contributed by atoms with E-state index in [0.29, 0.717) is 11.6 Å². The van der Waals surface area contributed by atoms with Gasteiger partial charge in [0.2, 0.25) is 0 Å². The molecular formula is C20H24O2. The van der Waals surface area contributed by atoms with E-state index in [2.05, 4.69) is 12.2 Å². The van der Waals surface area contributed by atoms with Gasteiger partial charge in [0.25, 0.3) is 0 Å². The van der Waals surface area contributed by atoms with Crippen LogP contribution in [0, 0.1) is 0 Å². The van der Waals surface area contributed by atoms with Crippen LogP contribution >= 0.6 is 0 Å². The molecule has 0 radical (unpaired) electrons. The zero-order valence-corrected chi connectivity index (χ0v) is 13.2. The van der Waals surface area contributed by atoms with Crippen molar-refractivity contribution in [2.45, 2.75) is 64.2 Å². The van der Waals surface area contributed by atoms with Gasteiger partial charge in [-0.15, -0.1) is 0 Å². The quantitative estimate of drug-likeness (QED) is 0.645. The Morgan fingerprint density at radius 3 is 1.45 bits per heavy atom. The van der Waals surface area contributed by atoms with Gasteiger partial charge >= 0.3 is 0 Å². The first-order valence-electron chi connectivity index (χ1n) is 8.59. The Balaban J connectivity index is 0.000000131. The number of Topliss-reactive ketones (excluding diaryl/α,β-unsaturated/α-hetero) is 2. The molecule has 0 heterocycles. The standard InChI is InChI=1S/2C10H12O/c2*11-10-7-3-5-8-4-1-2-6-9(8)10/h2*2,6H,1,3-5,7H2. The Hall–Kier alpha value is -1.70.